The maximum Gasteiger partial charge on any atom is 0.256 e. The number of nitrogens with one attached hydrogen (secondary N) is 1. The zero-order valence-electron chi connectivity index (χ0n) is 8.89. The summed E-state index contributed by atoms with van der Waals surface area (Å²) in [5, 5.41) is 11.7. The molecule has 2 aromatic rings. The maximum absolute atomic E-state index is 11.9. The number of aromatic nitrogens is 2. The van der Waals surface area contributed by atoms with Crippen molar-refractivity contribution in [2.45, 2.75) is 0 Å². The van der Waals surface area contributed by atoms with Crippen LogP contribution in [0.15, 0.2) is 39.7 Å². The Hall–Kier alpha value is -1.47. The molecule has 0 fully saturated rings. The molecule has 2 rings (SSSR count). The second kappa shape index (κ2) is 5.45. The highest BCUT2D eigenvalue weighted by atomic mass is 79.9. The van der Waals surface area contributed by atoms with Crippen LogP contribution in [-0.4, -0.2) is 21.0 Å². The van der Waals surface area contributed by atoms with E-state index in [0.29, 0.717) is 20.6 Å². The van der Waals surface area contributed by atoms with Gasteiger partial charge in [-0.1, -0.05) is 0 Å². The van der Waals surface area contributed by atoms with Crippen LogP contribution in [0.25, 0.3) is 0 Å². The molecule has 2 N–H and O–H groups in total. The van der Waals surface area contributed by atoms with Crippen molar-refractivity contribution in [2.75, 3.05) is 5.32 Å². The Morgan fingerprint density at radius 3 is 2.50 bits per heavy atom. The molecule has 0 aliphatic carbocycles. The molecule has 0 unspecified atom stereocenters. The van der Waals surface area contributed by atoms with Gasteiger partial charge in [0.1, 0.15) is 15.0 Å². The van der Waals surface area contributed by atoms with Crippen LogP contribution in [0.1, 0.15) is 10.4 Å². The van der Waals surface area contributed by atoms with Crippen LogP contribution in [0.5, 0.6) is 5.75 Å². The third-order valence-corrected chi connectivity index (χ3v) is 3.00. The van der Waals surface area contributed by atoms with Gasteiger partial charge >= 0.3 is 0 Å². The molecule has 0 aliphatic heterocycles. The number of phenolic OH excluding ortho intramolecular Hbond substituents is 1. The fourth-order valence-electron chi connectivity index (χ4n) is 1.22. The van der Waals surface area contributed by atoms with Gasteiger partial charge in [0.15, 0.2) is 5.82 Å². The van der Waals surface area contributed by atoms with E-state index in [1.807, 2.05) is 0 Å². The van der Waals surface area contributed by atoms with Crippen molar-refractivity contribution in [1.82, 2.24) is 9.97 Å². The van der Waals surface area contributed by atoms with Crippen LogP contribution in [-0.2, 0) is 0 Å². The first-order valence-electron chi connectivity index (χ1n) is 4.84. The number of carbonyl (C=O) groups is 1. The van der Waals surface area contributed by atoms with E-state index in [9.17, 15) is 4.79 Å². The van der Waals surface area contributed by atoms with Gasteiger partial charge in [0.25, 0.3) is 5.91 Å². The summed E-state index contributed by atoms with van der Waals surface area (Å²) in [4.78, 5) is 19.9. The lowest BCUT2D eigenvalue weighted by molar-refractivity contribution is 0.102. The largest absolute Gasteiger partial charge is 0.508 e. The third kappa shape index (κ3) is 3.05. The monoisotopic (exact) mass is 371 g/mol. The van der Waals surface area contributed by atoms with Crippen molar-refractivity contribution < 1.29 is 9.90 Å². The van der Waals surface area contributed by atoms with E-state index in [-0.39, 0.29) is 11.7 Å². The van der Waals surface area contributed by atoms with Gasteiger partial charge in [0.2, 0.25) is 0 Å². The number of hydrogen-bond acceptors (Lipinski definition) is 4. The summed E-state index contributed by atoms with van der Waals surface area (Å²) in [5.74, 6) is 0.111. The standard InChI is InChI=1S/C11H7Br2N3O2/c12-8-5-14-10(9(13)15-8)16-11(18)6-1-3-7(17)4-2-6/h1-5,17H,(H,14,16,18). The second-order valence-corrected chi connectivity index (χ2v) is 4.90. The minimum atomic E-state index is -0.327. The lowest BCUT2D eigenvalue weighted by Gasteiger charge is -2.06. The first-order chi connectivity index (χ1) is 8.56. The summed E-state index contributed by atoms with van der Waals surface area (Å²) in [5.41, 5.74) is 0.421. The minimum Gasteiger partial charge on any atom is -0.508 e. The van der Waals surface area contributed by atoms with Gasteiger partial charge in [-0.05, 0) is 56.1 Å². The molecule has 0 atom stereocenters. The summed E-state index contributed by atoms with van der Waals surface area (Å²) >= 11 is 6.37. The number of benzene rings is 1. The van der Waals surface area contributed by atoms with E-state index in [2.05, 4.69) is 47.1 Å². The zero-order valence-corrected chi connectivity index (χ0v) is 12.1. The van der Waals surface area contributed by atoms with Gasteiger partial charge in [-0.25, -0.2) is 9.97 Å². The van der Waals surface area contributed by atoms with Crippen molar-refractivity contribution in [1.29, 1.82) is 0 Å². The van der Waals surface area contributed by atoms with Crippen molar-refractivity contribution >= 4 is 43.6 Å². The van der Waals surface area contributed by atoms with Crippen LogP contribution in [0.2, 0.25) is 0 Å². The molecular formula is C11H7Br2N3O2. The number of anilines is 1. The summed E-state index contributed by atoms with van der Waals surface area (Å²) < 4.78 is 1.00. The van der Waals surface area contributed by atoms with Crippen LogP contribution in [0.4, 0.5) is 5.82 Å². The Kier molecular flexibility index (Phi) is 3.93. The fourth-order valence-corrected chi connectivity index (χ4v) is 2.13. The maximum atomic E-state index is 11.9. The van der Waals surface area contributed by atoms with E-state index in [4.69, 9.17) is 5.11 Å². The Morgan fingerprint density at radius 1 is 1.22 bits per heavy atom. The summed E-state index contributed by atoms with van der Waals surface area (Å²) in [6, 6.07) is 5.92. The van der Waals surface area contributed by atoms with E-state index in [1.54, 1.807) is 0 Å². The topological polar surface area (TPSA) is 75.1 Å². The number of aromatic hydroxyl groups is 1. The number of nitrogens with zero attached hydrogens (tertiary/aromatic N) is 2. The normalized spacial score (nSPS) is 10.1. The quantitative estimate of drug-likeness (QED) is 0.849. The minimum absolute atomic E-state index is 0.108. The van der Waals surface area contributed by atoms with Gasteiger partial charge in [0.05, 0.1) is 6.20 Å². The smallest absolute Gasteiger partial charge is 0.256 e. The van der Waals surface area contributed by atoms with Crippen LogP contribution in [0.3, 0.4) is 0 Å². The first kappa shape index (κ1) is 13.0. The number of rotatable bonds is 2. The van der Waals surface area contributed by atoms with Gasteiger partial charge in [0, 0.05) is 5.56 Å². The highest BCUT2D eigenvalue weighted by Crippen LogP contribution is 2.20. The van der Waals surface area contributed by atoms with E-state index in [1.165, 1.54) is 30.5 Å². The summed E-state index contributed by atoms with van der Waals surface area (Å²) in [6.45, 7) is 0. The van der Waals surface area contributed by atoms with Gasteiger partial charge < -0.3 is 10.4 Å². The third-order valence-electron chi connectivity index (χ3n) is 2.06. The highest BCUT2D eigenvalue weighted by Gasteiger charge is 2.10. The molecule has 92 valence electrons. The van der Waals surface area contributed by atoms with E-state index in [0.717, 1.165) is 0 Å². The number of amides is 1. The Balaban J connectivity index is 2.18. The Bertz CT molecular complexity index is 587. The van der Waals surface area contributed by atoms with Gasteiger partial charge in [-0.3, -0.25) is 4.79 Å². The molecule has 1 aromatic carbocycles. The molecule has 1 amide bonds. The lowest BCUT2D eigenvalue weighted by Crippen LogP contribution is -2.13. The van der Waals surface area contributed by atoms with E-state index >= 15 is 0 Å². The van der Waals surface area contributed by atoms with E-state index < -0.39 is 0 Å². The molecule has 0 bridgehead atoms. The van der Waals surface area contributed by atoms with Crippen molar-refractivity contribution in [3.63, 3.8) is 0 Å². The average Bonchev–Trinajstić information content (AvgIpc) is 2.33. The fraction of sp³-hybridized carbons (Fsp3) is 0. The molecule has 1 aromatic heterocycles. The molecular weight excluding hydrogens is 366 g/mol. The molecule has 0 spiro atoms. The molecule has 7 heteroatoms. The number of halogens is 2. The summed E-state index contributed by atoms with van der Waals surface area (Å²) in [6.07, 6.45) is 1.48. The van der Waals surface area contributed by atoms with Crippen LogP contribution >= 0.6 is 31.9 Å². The van der Waals surface area contributed by atoms with Crippen LogP contribution in [0, 0.1) is 0 Å². The SMILES string of the molecule is O=C(Nc1ncc(Br)nc1Br)c1ccc(O)cc1. The molecule has 5 nitrogen and oxygen atoms in total. The molecule has 18 heavy (non-hydrogen) atoms. The van der Waals surface area contributed by atoms with Crippen LogP contribution < -0.4 is 5.32 Å². The Morgan fingerprint density at radius 2 is 1.89 bits per heavy atom. The molecule has 1 heterocycles. The summed E-state index contributed by atoms with van der Waals surface area (Å²) in [7, 11) is 0. The van der Waals surface area contributed by atoms with Crippen molar-refractivity contribution in [3.8, 4) is 5.75 Å². The number of phenols is 1. The van der Waals surface area contributed by atoms with Crippen molar-refractivity contribution in [2.24, 2.45) is 0 Å². The van der Waals surface area contributed by atoms with Gasteiger partial charge in [-0.15, -0.1) is 0 Å². The highest BCUT2D eigenvalue weighted by molar-refractivity contribution is 9.11. The lowest BCUT2D eigenvalue weighted by atomic mass is 10.2. The molecule has 0 saturated carbocycles. The molecule has 0 aliphatic rings. The second-order valence-electron chi connectivity index (χ2n) is 3.33. The zero-order chi connectivity index (χ0) is 13.1. The van der Waals surface area contributed by atoms with Crippen molar-refractivity contribution in [3.05, 3.63) is 45.2 Å². The number of hydrogen-bond donors (Lipinski definition) is 2. The predicted octanol–water partition coefficient (Wildman–Crippen LogP) is 2.96. The molecule has 0 radical (unpaired) electrons. The van der Waals surface area contributed by atoms with Gasteiger partial charge in [-0.2, -0.15) is 0 Å². The first-order valence-corrected chi connectivity index (χ1v) is 6.43. The predicted molar refractivity (Wildman–Crippen MR) is 73.5 cm³/mol. The molecule has 0 saturated heterocycles. The number of carbonyl (C=O) groups excluding carboxylic acids is 1. The average molecular weight is 373 g/mol. The Labute approximate surface area is 120 Å².